The molecule has 0 saturated carbocycles. The Morgan fingerprint density at radius 3 is 2.41 bits per heavy atom. The SMILES string of the molecule is Cc1cccc(CN2C(=O)C3(c4ccccc42)c2c(oc4ccc(C)cc4c2=O)C(=O)N3c2nnc(SCc3ccccc3)s2)c1. The first-order chi connectivity index (χ1) is 22.4. The monoisotopic (exact) mass is 642 g/mol. The van der Waals surface area contributed by atoms with E-state index in [2.05, 4.69) is 10.2 Å². The zero-order valence-corrected chi connectivity index (χ0v) is 26.5. The van der Waals surface area contributed by atoms with Crippen molar-refractivity contribution in [2.24, 2.45) is 0 Å². The molecule has 2 aromatic heterocycles. The summed E-state index contributed by atoms with van der Waals surface area (Å²) in [6.45, 7) is 4.14. The van der Waals surface area contributed by atoms with Gasteiger partial charge in [0.1, 0.15) is 5.58 Å². The third kappa shape index (κ3) is 4.24. The molecule has 1 unspecified atom stereocenters. The van der Waals surface area contributed by atoms with Crippen molar-refractivity contribution in [2.45, 2.75) is 36.0 Å². The van der Waals surface area contributed by atoms with Gasteiger partial charge in [0.05, 0.1) is 23.2 Å². The maximum Gasteiger partial charge on any atom is 0.297 e. The molecule has 2 aliphatic rings. The number of amides is 2. The third-order valence-corrected chi connectivity index (χ3v) is 10.6. The van der Waals surface area contributed by atoms with Crippen LogP contribution in [0.25, 0.3) is 11.0 Å². The van der Waals surface area contributed by atoms with Crippen molar-refractivity contribution < 1.29 is 14.0 Å². The topological polar surface area (TPSA) is 96.6 Å². The first-order valence-electron chi connectivity index (χ1n) is 14.8. The van der Waals surface area contributed by atoms with E-state index in [-0.39, 0.29) is 28.6 Å². The third-order valence-electron chi connectivity index (χ3n) is 8.50. The fraction of sp³-hybridized carbons (Fsp3) is 0.139. The lowest BCUT2D eigenvalue weighted by molar-refractivity contribution is -0.121. The Hall–Kier alpha value is -5.06. The van der Waals surface area contributed by atoms with Gasteiger partial charge in [-0.15, -0.1) is 10.2 Å². The summed E-state index contributed by atoms with van der Waals surface area (Å²) in [4.78, 5) is 47.2. The summed E-state index contributed by atoms with van der Waals surface area (Å²) in [5.41, 5.74) is 3.15. The number of aromatic nitrogens is 2. The minimum absolute atomic E-state index is 0.00785. The van der Waals surface area contributed by atoms with Gasteiger partial charge in [-0.3, -0.25) is 19.3 Å². The molecule has 8 rings (SSSR count). The quantitative estimate of drug-likeness (QED) is 0.143. The largest absolute Gasteiger partial charge is 0.450 e. The Labute approximate surface area is 272 Å². The van der Waals surface area contributed by atoms with Crippen LogP contribution in [0, 0.1) is 13.8 Å². The van der Waals surface area contributed by atoms with Gasteiger partial charge < -0.3 is 9.32 Å². The van der Waals surface area contributed by atoms with Crippen LogP contribution in [0.1, 0.15) is 43.9 Å². The molecular weight excluding hydrogens is 617 g/mol. The van der Waals surface area contributed by atoms with Gasteiger partial charge in [0, 0.05) is 11.3 Å². The lowest BCUT2D eigenvalue weighted by Crippen LogP contribution is -2.53. The number of nitrogens with zero attached hydrogens (tertiary/aromatic N) is 4. The van der Waals surface area contributed by atoms with Crippen molar-refractivity contribution in [3.05, 3.63) is 146 Å². The first kappa shape index (κ1) is 28.4. The van der Waals surface area contributed by atoms with E-state index in [0.29, 0.717) is 26.7 Å². The van der Waals surface area contributed by atoms with Gasteiger partial charge >= 0.3 is 0 Å². The average molecular weight is 643 g/mol. The Morgan fingerprint density at radius 1 is 0.826 bits per heavy atom. The second kappa shape index (κ2) is 10.8. The molecular formula is C36H26N4O4S2. The predicted octanol–water partition coefficient (Wildman–Crippen LogP) is 7.00. The Morgan fingerprint density at radius 2 is 1.59 bits per heavy atom. The van der Waals surface area contributed by atoms with Crippen LogP contribution in [-0.4, -0.2) is 22.0 Å². The van der Waals surface area contributed by atoms with Gasteiger partial charge in [-0.2, -0.15) is 0 Å². The van der Waals surface area contributed by atoms with Gasteiger partial charge in [-0.05, 0) is 43.2 Å². The number of hydrogen-bond donors (Lipinski definition) is 0. The summed E-state index contributed by atoms with van der Waals surface area (Å²) >= 11 is 2.70. The highest BCUT2D eigenvalue weighted by Gasteiger charge is 2.66. The van der Waals surface area contributed by atoms with Crippen molar-refractivity contribution in [3.63, 3.8) is 0 Å². The molecule has 0 aliphatic carbocycles. The molecule has 4 heterocycles. The van der Waals surface area contributed by atoms with E-state index < -0.39 is 22.8 Å². The van der Waals surface area contributed by atoms with Gasteiger partial charge in [0.25, 0.3) is 11.8 Å². The normalized spacial score (nSPS) is 16.9. The number of hydrogen-bond acceptors (Lipinski definition) is 8. The van der Waals surface area contributed by atoms with Crippen LogP contribution in [0.3, 0.4) is 0 Å². The van der Waals surface area contributed by atoms with E-state index in [9.17, 15) is 9.59 Å². The molecule has 0 radical (unpaired) electrons. The summed E-state index contributed by atoms with van der Waals surface area (Å²) in [7, 11) is 0. The van der Waals surface area contributed by atoms with Crippen LogP contribution in [0.2, 0.25) is 0 Å². The van der Waals surface area contributed by atoms with Crippen molar-refractivity contribution in [1.29, 1.82) is 0 Å². The Kier molecular flexibility index (Phi) is 6.66. The van der Waals surface area contributed by atoms with Crippen molar-refractivity contribution in [2.75, 3.05) is 9.80 Å². The molecule has 10 heteroatoms. The number of carbonyl (C=O) groups is 2. The molecule has 4 aromatic carbocycles. The van der Waals surface area contributed by atoms with Crippen molar-refractivity contribution in [3.8, 4) is 0 Å². The highest BCUT2D eigenvalue weighted by Crippen LogP contribution is 2.55. The van der Waals surface area contributed by atoms with Crippen LogP contribution < -0.4 is 15.2 Å². The maximum atomic E-state index is 15.1. The number of carbonyl (C=O) groups excluding carboxylic acids is 2. The molecule has 1 spiro atoms. The highest BCUT2D eigenvalue weighted by molar-refractivity contribution is 8.00. The van der Waals surface area contributed by atoms with Crippen LogP contribution >= 0.6 is 23.1 Å². The smallest absolute Gasteiger partial charge is 0.297 e. The summed E-state index contributed by atoms with van der Waals surface area (Å²) < 4.78 is 6.86. The number of thioether (sulfide) groups is 1. The van der Waals surface area contributed by atoms with E-state index in [1.165, 1.54) is 28.0 Å². The second-order valence-electron chi connectivity index (χ2n) is 11.5. The Balaban J connectivity index is 1.34. The summed E-state index contributed by atoms with van der Waals surface area (Å²) in [6.07, 6.45) is 0. The lowest BCUT2D eigenvalue weighted by atomic mass is 9.84. The predicted molar refractivity (Wildman–Crippen MR) is 180 cm³/mol. The van der Waals surface area contributed by atoms with E-state index in [1.807, 2.05) is 98.8 Å². The highest BCUT2D eigenvalue weighted by atomic mass is 32.2. The minimum Gasteiger partial charge on any atom is -0.450 e. The van der Waals surface area contributed by atoms with Crippen molar-refractivity contribution >= 4 is 56.7 Å². The van der Waals surface area contributed by atoms with Gasteiger partial charge in [-0.25, -0.2) is 0 Å². The Bertz CT molecular complexity index is 2260. The molecule has 46 heavy (non-hydrogen) atoms. The number of fused-ring (bicyclic) bond motifs is 5. The van der Waals surface area contributed by atoms with Crippen LogP contribution in [0.4, 0.5) is 10.8 Å². The van der Waals surface area contributed by atoms with Gasteiger partial charge in [-0.1, -0.05) is 113 Å². The summed E-state index contributed by atoms with van der Waals surface area (Å²) in [5, 5.41) is 9.37. The van der Waals surface area contributed by atoms with Crippen LogP contribution in [0.5, 0.6) is 0 Å². The van der Waals surface area contributed by atoms with Crippen molar-refractivity contribution in [1.82, 2.24) is 10.2 Å². The molecule has 1 atom stereocenters. The molecule has 0 N–H and O–H groups in total. The van der Waals surface area contributed by atoms with E-state index in [0.717, 1.165) is 22.3 Å². The molecule has 6 aromatic rings. The molecule has 0 saturated heterocycles. The fourth-order valence-corrected chi connectivity index (χ4v) is 8.35. The van der Waals surface area contributed by atoms with E-state index >= 15 is 4.79 Å². The minimum atomic E-state index is -1.83. The van der Waals surface area contributed by atoms with Gasteiger partial charge in [0.15, 0.2) is 15.3 Å². The number of aryl methyl sites for hydroxylation is 2. The van der Waals surface area contributed by atoms with Gasteiger partial charge in [0.2, 0.25) is 10.9 Å². The summed E-state index contributed by atoms with van der Waals surface area (Å²) in [6, 6.07) is 30.5. The molecule has 2 aliphatic heterocycles. The van der Waals surface area contributed by atoms with E-state index in [1.54, 1.807) is 17.0 Å². The zero-order chi connectivity index (χ0) is 31.6. The molecule has 2 amide bonds. The molecule has 8 nitrogen and oxygen atoms in total. The molecule has 226 valence electrons. The average Bonchev–Trinajstić information content (AvgIpc) is 3.70. The zero-order valence-electron chi connectivity index (χ0n) is 24.9. The standard InChI is InChI=1S/C36H26N4O4S2/c1-21-9-8-12-24(17-21)19-39-27-14-7-6-13-26(27)36(33(39)43)29-30(41)25-18-22(2)15-16-28(25)44-31(29)32(42)40(36)34-37-38-35(46-34)45-20-23-10-4-3-5-11-23/h3-18H,19-20H2,1-2H3. The number of para-hydroxylation sites is 1. The first-order valence-corrected chi connectivity index (χ1v) is 16.6. The number of anilines is 2. The fourth-order valence-electron chi connectivity index (χ4n) is 6.50. The molecule has 0 fully saturated rings. The van der Waals surface area contributed by atoms with E-state index in [4.69, 9.17) is 4.42 Å². The summed E-state index contributed by atoms with van der Waals surface area (Å²) in [5.74, 6) is -0.525. The maximum absolute atomic E-state index is 15.1. The molecule has 0 bridgehead atoms. The lowest BCUT2D eigenvalue weighted by Gasteiger charge is -2.32. The van der Waals surface area contributed by atoms with Crippen LogP contribution in [-0.2, 0) is 22.6 Å². The van der Waals surface area contributed by atoms with Crippen LogP contribution in [0.15, 0.2) is 111 Å². The number of benzene rings is 4. The number of rotatable bonds is 6. The second-order valence-corrected chi connectivity index (χ2v) is 13.7.